The molecule has 0 amide bonds. The van der Waals surface area contributed by atoms with Gasteiger partial charge in [-0.25, -0.2) is 0 Å². The average Bonchev–Trinajstić information content (AvgIpc) is 2.66. The van der Waals surface area contributed by atoms with Crippen LogP contribution in [0.15, 0.2) is 23.7 Å². The summed E-state index contributed by atoms with van der Waals surface area (Å²) >= 11 is 4.23. The molecule has 0 aliphatic carbocycles. The van der Waals surface area contributed by atoms with E-state index in [1.807, 2.05) is 27.7 Å². The first-order valence-corrected chi connectivity index (χ1v) is 8.23. The first-order valence-electron chi connectivity index (χ1n) is 7.60. The van der Waals surface area contributed by atoms with Gasteiger partial charge in [0, 0.05) is 11.3 Å². The summed E-state index contributed by atoms with van der Waals surface area (Å²) in [6.07, 6.45) is -3.42. The number of rotatable bonds is 4. The summed E-state index contributed by atoms with van der Waals surface area (Å²) in [5.41, 5.74) is -0.621. The highest BCUT2D eigenvalue weighted by atomic mass is 32.1. The van der Waals surface area contributed by atoms with Crippen molar-refractivity contribution in [1.29, 1.82) is 0 Å². The lowest BCUT2D eigenvalue weighted by Gasteiger charge is -2.32. The van der Waals surface area contributed by atoms with Crippen LogP contribution in [0.25, 0.3) is 6.08 Å². The van der Waals surface area contributed by atoms with Crippen LogP contribution >= 0.6 is 12.6 Å². The lowest BCUT2D eigenvalue weighted by Crippen LogP contribution is -2.41. The maximum absolute atomic E-state index is 12.6. The van der Waals surface area contributed by atoms with E-state index in [1.54, 1.807) is 0 Å². The number of benzene rings is 1. The zero-order valence-electron chi connectivity index (χ0n) is 14.3. The van der Waals surface area contributed by atoms with Gasteiger partial charge in [-0.2, -0.15) is 12.6 Å². The van der Waals surface area contributed by atoms with E-state index >= 15 is 0 Å². The van der Waals surface area contributed by atoms with Crippen LogP contribution in [0.4, 0.5) is 13.2 Å². The topological polar surface area (TPSA) is 47.9 Å². The SMILES string of the molecule is CC1(C)OB(C(=Cc2cc(O)ccc2OC(F)(F)F)CS)OC1(C)C. The van der Waals surface area contributed by atoms with E-state index in [9.17, 15) is 18.3 Å². The molecule has 1 aromatic rings. The van der Waals surface area contributed by atoms with Crippen molar-refractivity contribution in [3.8, 4) is 11.5 Å². The van der Waals surface area contributed by atoms with E-state index in [4.69, 9.17) is 9.31 Å². The Labute approximate surface area is 150 Å². The summed E-state index contributed by atoms with van der Waals surface area (Å²) in [7, 11) is -0.761. The third-order valence-electron chi connectivity index (χ3n) is 4.30. The Hall–Kier alpha value is -1.32. The molecule has 2 rings (SSSR count). The summed E-state index contributed by atoms with van der Waals surface area (Å²) in [5.74, 6) is -0.424. The van der Waals surface area contributed by atoms with Crippen molar-refractivity contribution in [2.24, 2.45) is 0 Å². The molecule has 1 N–H and O–H groups in total. The zero-order valence-corrected chi connectivity index (χ0v) is 15.2. The Morgan fingerprint density at radius 2 is 1.80 bits per heavy atom. The minimum atomic E-state index is -4.84. The Bertz CT molecular complexity index is 658. The van der Waals surface area contributed by atoms with E-state index in [0.717, 1.165) is 12.1 Å². The molecule has 0 atom stereocenters. The molecule has 4 nitrogen and oxygen atoms in total. The predicted octanol–water partition coefficient (Wildman–Crippen LogP) is 4.24. The molecule has 9 heteroatoms. The quantitative estimate of drug-likeness (QED) is 0.610. The molecular weight excluding hydrogens is 356 g/mol. The number of hydrogen-bond donors (Lipinski definition) is 2. The monoisotopic (exact) mass is 376 g/mol. The normalized spacial score (nSPS) is 20.0. The lowest BCUT2D eigenvalue weighted by molar-refractivity contribution is -0.274. The van der Waals surface area contributed by atoms with Crippen LogP contribution in [0.5, 0.6) is 11.5 Å². The van der Waals surface area contributed by atoms with E-state index in [2.05, 4.69) is 17.4 Å². The number of ether oxygens (including phenoxy) is 1. The summed E-state index contributed by atoms with van der Waals surface area (Å²) < 4.78 is 53.5. The molecule has 1 aromatic carbocycles. The number of thiol groups is 1. The second-order valence-electron chi connectivity index (χ2n) is 6.74. The molecule has 0 saturated carbocycles. The van der Waals surface area contributed by atoms with Crippen LogP contribution in [0.2, 0.25) is 0 Å². The molecule has 1 saturated heterocycles. The second-order valence-corrected chi connectivity index (χ2v) is 7.05. The van der Waals surface area contributed by atoms with Gasteiger partial charge in [-0.3, -0.25) is 0 Å². The number of phenolic OH excluding ortho intramolecular Hbond substituents is 1. The van der Waals surface area contributed by atoms with Gasteiger partial charge in [-0.1, -0.05) is 6.08 Å². The van der Waals surface area contributed by atoms with E-state index in [-0.39, 0.29) is 17.1 Å². The minimum absolute atomic E-state index is 0.0519. The van der Waals surface area contributed by atoms with Gasteiger partial charge in [-0.05, 0) is 51.4 Å². The molecule has 0 bridgehead atoms. The van der Waals surface area contributed by atoms with E-state index < -0.39 is 30.4 Å². The number of halogens is 3. The standard InChI is InChI=1S/C16H20BF3O4S/c1-14(2)15(3,4)24-17(23-14)11(9-25)7-10-8-12(21)5-6-13(10)22-16(18,19)20/h5-8,21,25H,9H2,1-4H3. The molecular formula is C16H20BF3O4S. The van der Waals surface area contributed by atoms with Crippen LogP contribution in [0, 0.1) is 0 Å². The minimum Gasteiger partial charge on any atom is -0.508 e. The van der Waals surface area contributed by atoms with Crippen LogP contribution < -0.4 is 4.74 Å². The van der Waals surface area contributed by atoms with Crippen molar-refractivity contribution >= 4 is 25.8 Å². The Kier molecular flexibility index (Phi) is 5.42. The van der Waals surface area contributed by atoms with Crippen LogP contribution in [-0.2, 0) is 9.31 Å². The predicted molar refractivity (Wildman–Crippen MR) is 92.7 cm³/mol. The molecule has 25 heavy (non-hydrogen) atoms. The third-order valence-corrected chi connectivity index (χ3v) is 4.66. The van der Waals surface area contributed by atoms with Crippen molar-refractivity contribution in [2.45, 2.75) is 45.3 Å². The van der Waals surface area contributed by atoms with Gasteiger partial charge in [0.1, 0.15) is 11.5 Å². The van der Waals surface area contributed by atoms with Crippen molar-refractivity contribution in [3.05, 3.63) is 29.2 Å². The number of alkyl halides is 3. The fraction of sp³-hybridized carbons (Fsp3) is 0.500. The summed E-state index contributed by atoms with van der Waals surface area (Å²) in [5, 5.41) is 9.61. The maximum atomic E-state index is 12.6. The highest BCUT2D eigenvalue weighted by molar-refractivity contribution is 7.80. The van der Waals surface area contributed by atoms with Crippen molar-refractivity contribution in [1.82, 2.24) is 0 Å². The number of aromatic hydroxyl groups is 1. The molecule has 0 aromatic heterocycles. The van der Waals surface area contributed by atoms with Gasteiger partial charge in [0.25, 0.3) is 0 Å². The van der Waals surface area contributed by atoms with Gasteiger partial charge in [0.15, 0.2) is 0 Å². The van der Waals surface area contributed by atoms with Crippen LogP contribution in [0.1, 0.15) is 33.3 Å². The summed E-state index contributed by atoms with van der Waals surface area (Å²) in [6.45, 7) is 7.48. The highest BCUT2D eigenvalue weighted by Gasteiger charge is 2.52. The van der Waals surface area contributed by atoms with Gasteiger partial charge in [-0.15, -0.1) is 13.2 Å². The average molecular weight is 376 g/mol. The first kappa shape index (κ1) is 20.0. The molecule has 1 heterocycles. The van der Waals surface area contributed by atoms with Gasteiger partial charge in [0.05, 0.1) is 11.2 Å². The third kappa shape index (κ3) is 4.65. The van der Waals surface area contributed by atoms with E-state index in [0.29, 0.717) is 5.47 Å². The van der Waals surface area contributed by atoms with Crippen molar-refractivity contribution in [2.75, 3.05) is 5.75 Å². The van der Waals surface area contributed by atoms with Crippen molar-refractivity contribution in [3.63, 3.8) is 0 Å². The number of phenols is 1. The van der Waals surface area contributed by atoms with Crippen molar-refractivity contribution < 1.29 is 32.3 Å². The molecule has 1 aliphatic heterocycles. The Morgan fingerprint density at radius 3 is 2.28 bits per heavy atom. The molecule has 0 spiro atoms. The van der Waals surface area contributed by atoms with Gasteiger partial charge < -0.3 is 19.2 Å². The second kappa shape index (κ2) is 6.77. The fourth-order valence-corrected chi connectivity index (χ4v) is 2.49. The Balaban J connectivity index is 2.39. The fourth-order valence-electron chi connectivity index (χ4n) is 2.25. The molecule has 138 valence electrons. The maximum Gasteiger partial charge on any atom is 0.573 e. The largest absolute Gasteiger partial charge is 0.573 e. The molecule has 1 aliphatic rings. The molecule has 0 unspecified atom stereocenters. The first-order chi connectivity index (χ1) is 11.3. The van der Waals surface area contributed by atoms with E-state index in [1.165, 1.54) is 12.1 Å². The smallest absolute Gasteiger partial charge is 0.508 e. The van der Waals surface area contributed by atoms with Crippen LogP contribution in [-0.4, -0.2) is 35.5 Å². The van der Waals surface area contributed by atoms with Crippen LogP contribution in [0.3, 0.4) is 0 Å². The summed E-state index contributed by atoms with van der Waals surface area (Å²) in [6, 6.07) is 3.35. The molecule has 1 fully saturated rings. The Morgan fingerprint density at radius 1 is 1.24 bits per heavy atom. The molecule has 0 radical (unpaired) electrons. The number of hydrogen-bond acceptors (Lipinski definition) is 5. The lowest BCUT2D eigenvalue weighted by atomic mass is 9.78. The van der Waals surface area contributed by atoms with Gasteiger partial charge >= 0.3 is 13.5 Å². The highest BCUT2D eigenvalue weighted by Crippen LogP contribution is 2.39. The van der Waals surface area contributed by atoms with Gasteiger partial charge in [0.2, 0.25) is 0 Å². The zero-order chi connectivity index (χ0) is 19.0. The summed E-state index contributed by atoms with van der Waals surface area (Å²) in [4.78, 5) is 0.